The molecule has 2 heterocycles. The number of benzene rings is 1. The first-order valence-electron chi connectivity index (χ1n) is 13.3. The molecular formula is C27H42N7O4P. The van der Waals surface area contributed by atoms with Gasteiger partial charge in [0.05, 0.1) is 25.6 Å². The van der Waals surface area contributed by atoms with Gasteiger partial charge in [0.1, 0.15) is 23.7 Å². The summed E-state index contributed by atoms with van der Waals surface area (Å²) in [6.07, 6.45) is 3.26. The number of carbonyl (C=O) groups excluding carboxylic acids is 1. The molecule has 3 aromatic rings. The van der Waals surface area contributed by atoms with E-state index in [0.29, 0.717) is 49.0 Å². The Bertz CT molecular complexity index is 1290. The summed E-state index contributed by atoms with van der Waals surface area (Å²) in [6.45, 7) is 12.6. The zero-order valence-corrected chi connectivity index (χ0v) is 24.9. The lowest BCUT2D eigenvalue weighted by molar-refractivity contribution is -0.149. The summed E-state index contributed by atoms with van der Waals surface area (Å²) >= 11 is 0. The zero-order valence-electron chi connectivity index (χ0n) is 24.0. The van der Waals surface area contributed by atoms with E-state index in [1.165, 1.54) is 11.9 Å². The Labute approximate surface area is 231 Å². The number of nitrogens with two attached hydrogens (primary N) is 1. The highest BCUT2D eigenvalue weighted by Crippen LogP contribution is 2.47. The van der Waals surface area contributed by atoms with Gasteiger partial charge >= 0.3 is 5.97 Å². The Balaban J connectivity index is 1.78. The molecule has 0 saturated carbocycles. The van der Waals surface area contributed by atoms with Crippen molar-refractivity contribution in [1.29, 1.82) is 0 Å². The van der Waals surface area contributed by atoms with Crippen molar-refractivity contribution in [3.8, 4) is 0 Å². The van der Waals surface area contributed by atoms with Crippen molar-refractivity contribution in [2.75, 3.05) is 25.7 Å². The number of imidazole rings is 1. The summed E-state index contributed by atoms with van der Waals surface area (Å²) in [5, 5.41) is 3.11. The van der Waals surface area contributed by atoms with Gasteiger partial charge in [-0.15, -0.1) is 0 Å². The molecule has 11 nitrogen and oxygen atoms in total. The van der Waals surface area contributed by atoms with Crippen molar-refractivity contribution in [3.63, 3.8) is 0 Å². The molecule has 0 fully saturated rings. The molecule has 2 aromatic heterocycles. The maximum Gasteiger partial charge on any atom is 0.326 e. The van der Waals surface area contributed by atoms with E-state index in [1.807, 2.05) is 30.5 Å². The molecule has 2 atom stereocenters. The van der Waals surface area contributed by atoms with E-state index in [1.54, 1.807) is 31.9 Å². The Morgan fingerprint density at radius 3 is 2.51 bits per heavy atom. The van der Waals surface area contributed by atoms with Crippen LogP contribution < -0.4 is 10.8 Å². The highest BCUT2D eigenvalue weighted by Gasteiger charge is 2.40. The normalized spacial score (nSPS) is 14.6. The smallest absolute Gasteiger partial charge is 0.326 e. The Hall–Kier alpha value is -2.85. The van der Waals surface area contributed by atoms with Crippen LogP contribution in [0.15, 0.2) is 36.9 Å². The number of fused-ring (bicyclic) bond motifs is 1. The summed E-state index contributed by atoms with van der Waals surface area (Å²) in [5.41, 5.74) is 8.07. The van der Waals surface area contributed by atoms with Gasteiger partial charge in [-0.1, -0.05) is 45.0 Å². The summed E-state index contributed by atoms with van der Waals surface area (Å²) in [4.78, 5) is 25.3. The lowest BCUT2D eigenvalue weighted by Crippen LogP contribution is -2.48. The van der Waals surface area contributed by atoms with Crippen LogP contribution in [0, 0.1) is 0 Å². The molecule has 0 aliphatic rings. The number of rotatable bonds is 14. The molecule has 0 saturated heterocycles. The second kappa shape index (κ2) is 13.0. The van der Waals surface area contributed by atoms with Crippen LogP contribution in [-0.2, 0) is 31.9 Å². The molecule has 3 rings (SSSR count). The lowest BCUT2D eigenvalue weighted by atomic mass is 10.0. The lowest BCUT2D eigenvalue weighted by Gasteiger charge is -2.35. The van der Waals surface area contributed by atoms with Crippen molar-refractivity contribution >= 4 is 30.4 Å². The minimum absolute atomic E-state index is 0.122. The van der Waals surface area contributed by atoms with Crippen LogP contribution >= 0.6 is 7.44 Å². The first kappa shape index (κ1) is 30.7. The molecule has 3 N–H and O–H groups in total. The molecule has 0 amide bonds. The Morgan fingerprint density at radius 2 is 1.87 bits per heavy atom. The largest absolute Gasteiger partial charge is 0.464 e. The number of nitrogens with one attached hydrogen (secondary N) is 1. The maximum absolute atomic E-state index is 14.5. The number of nitrogens with zero attached hydrogens (tertiary/aromatic N) is 5. The van der Waals surface area contributed by atoms with Gasteiger partial charge in [-0.05, 0) is 51.3 Å². The molecule has 0 spiro atoms. The number of esters is 1. The van der Waals surface area contributed by atoms with Gasteiger partial charge in [0, 0.05) is 6.54 Å². The summed E-state index contributed by atoms with van der Waals surface area (Å²) < 4.78 is 29.5. The van der Waals surface area contributed by atoms with E-state index in [0.717, 1.165) is 5.56 Å². The fourth-order valence-corrected chi connectivity index (χ4v) is 6.30. The highest BCUT2D eigenvalue weighted by molar-refractivity contribution is 7.59. The average Bonchev–Trinajstić information content (AvgIpc) is 3.30. The van der Waals surface area contributed by atoms with Crippen LogP contribution in [0.5, 0.6) is 0 Å². The van der Waals surface area contributed by atoms with Gasteiger partial charge in [0.25, 0.3) is 0 Å². The van der Waals surface area contributed by atoms with Gasteiger partial charge in [-0.3, -0.25) is 9.36 Å². The third-order valence-electron chi connectivity index (χ3n) is 6.43. The van der Waals surface area contributed by atoms with Crippen molar-refractivity contribution < 1.29 is 18.8 Å². The maximum atomic E-state index is 14.5. The van der Waals surface area contributed by atoms with Crippen LogP contribution in [0.4, 0.5) is 5.82 Å². The average molecular weight is 560 g/mol. The second-order valence-corrected chi connectivity index (χ2v) is 13.3. The van der Waals surface area contributed by atoms with Crippen LogP contribution in [-0.4, -0.2) is 61.8 Å². The molecule has 2 unspecified atom stereocenters. The Kier molecular flexibility index (Phi) is 10.2. The second-order valence-electron chi connectivity index (χ2n) is 10.7. The van der Waals surface area contributed by atoms with E-state index < -0.39 is 19.0 Å². The van der Waals surface area contributed by atoms with E-state index in [4.69, 9.17) is 15.2 Å². The third kappa shape index (κ3) is 7.85. The molecule has 1 aromatic carbocycles. The molecule has 12 heteroatoms. The number of ether oxygens (including phenoxy) is 2. The van der Waals surface area contributed by atoms with Gasteiger partial charge in [-0.2, -0.15) is 0 Å². The summed E-state index contributed by atoms with van der Waals surface area (Å²) in [7, 11) is -1.65. The number of aromatic nitrogens is 4. The van der Waals surface area contributed by atoms with Crippen LogP contribution in [0.1, 0.15) is 65.0 Å². The van der Waals surface area contributed by atoms with Gasteiger partial charge < -0.3 is 19.8 Å². The van der Waals surface area contributed by atoms with Gasteiger partial charge in [0.15, 0.2) is 11.5 Å². The quantitative estimate of drug-likeness (QED) is 0.214. The molecule has 0 aliphatic heterocycles. The predicted octanol–water partition coefficient (Wildman–Crippen LogP) is 4.54. The minimum Gasteiger partial charge on any atom is -0.464 e. The van der Waals surface area contributed by atoms with Crippen LogP contribution in [0.2, 0.25) is 0 Å². The van der Waals surface area contributed by atoms with E-state index in [-0.39, 0.29) is 12.5 Å². The van der Waals surface area contributed by atoms with Crippen molar-refractivity contribution in [2.24, 2.45) is 0 Å². The number of anilines is 1. The fraction of sp³-hybridized carbons (Fsp3) is 0.556. The highest BCUT2D eigenvalue weighted by atomic mass is 31.2. The molecule has 214 valence electrons. The van der Waals surface area contributed by atoms with Gasteiger partial charge in [0.2, 0.25) is 7.44 Å². The van der Waals surface area contributed by atoms with Gasteiger partial charge in [-0.25, -0.2) is 24.7 Å². The molecular weight excluding hydrogens is 517 g/mol. The topological polar surface area (TPSA) is 137 Å². The standard InChI is InChI=1S/C27H42N7O4P/c1-8-13-37-26(35)27(5,6)32-39(36,33(7)15-21-9-11-22(12-10-21)19(2)3)18-38-20(4)14-34-17-31-23-24(28)29-16-30-25(23)34/h9-12,16-17,19-20H,8,13-15,18H2,1-7H3,(H,32,36)(H2,28,29,30). The fourth-order valence-electron chi connectivity index (χ4n) is 4.05. The van der Waals surface area contributed by atoms with Crippen LogP contribution in [0.25, 0.3) is 11.2 Å². The predicted molar refractivity (Wildman–Crippen MR) is 153 cm³/mol. The van der Waals surface area contributed by atoms with E-state index >= 15 is 0 Å². The summed E-state index contributed by atoms with van der Waals surface area (Å²) in [5.74, 6) is 0.264. The number of hydrogen-bond donors (Lipinski definition) is 2. The minimum atomic E-state index is -3.42. The first-order valence-corrected chi connectivity index (χ1v) is 15.1. The Morgan fingerprint density at radius 1 is 1.18 bits per heavy atom. The third-order valence-corrected chi connectivity index (χ3v) is 9.08. The zero-order chi connectivity index (χ0) is 28.8. The van der Waals surface area contributed by atoms with E-state index in [9.17, 15) is 9.36 Å². The molecule has 0 radical (unpaired) electrons. The van der Waals surface area contributed by atoms with Crippen molar-refractivity contribution in [3.05, 3.63) is 48.0 Å². The molecule has 0 bridgehead atoms. The number of nitrogen functional groups attached to an aromatic ring is 1. The monoisotopic (exact) mass is 559 g/mol. The SMILES string of the molecule is CCCOC(=O)C(C)(C)NP(=O)(COC(C)Cn1cnc2c(N)ncnc21)N(C)Cc1ccc(C(C)C)cc1. The van der Waals surface area contributed by atoms with E-state index in [2.05, 4.69) is 46.0 Å². The molecule has 0 aliphatic carbocycles. The molecule has 39 heavy (non-hydrogen) atoms. The van der Waals surface area contributed by atoms with Crippen molar-refractivity contribution in [1.82, 2.24) is 29.3 Å². The van der Waals surface area contributed by atoms with Crippen molar-refractivity contribution in [2.45, 2.75) is 78.6 Å². The first-order chi connectivity index (χ1) is 18.4. The number of carbonyl (C=O) groups is 1. The van der Waals surface area contributed by atoms with Crippen LogP contribution in [0.3, 0.4) is 0 Å². The number of hydrogen-bond acceptors (Lipinski definition) is 8. The summed E-state index contributed by atoms with van der Waals surface area (Å²) in [6, 6.07) is 8.25.